The highest BCUT2D eigenvalue weighted by Gasteiger charge is 2.54. The van der Waals surface area contributed by atoms with Gasteiger partial charge in [0.1, 0.15) is 16.7 Å². The summed E-state index contributed by atoms with van der Waals surface area (Å²) in [6.45, 7) is 8.91. The van der Waals surface area contributed by atoms with Crippen LogP contribution in [-0.2, 0) is 5.41 Å². The largest absolute Gasteiger partial charge is 0.455 e. The molecule has 0 unspecified atom stereocenters. The molecule has 3 aliphatic carbocycles. The third-order valence-corrected chi connectivity index (χ3v) is 16.2. The summed E-state index contributed by atoms with van der Waals surface area (Å²) < 4.78 is 14.8. The van der Waals surface area contributed by atoms with E-state index in [4.69, 9.17) is 8.83 Å². The number of benzene rings is 9. The molecule has 0 bridgehead atoms. The molecule has 0 radical (unpaired) electrons. The third-order valence-electron chi connectivity index (χ3n) is 16.2. The first-order chi connectivity index (χ1) is 36.8. The molecular weight excluding hydrogens is 917 g/mol. The molecule has 75 heavy (non-hydrogen) atoms. The molecule has 0 N–H and O–H groups in total. The first-order valence-corrected chi connectivity index (χ1v) is 26.0. The van der Waals surface area contributed by atoms with Crippen molar-refractivity contribution in [3.8, 4) is 34.4 Å². The lowest BCUT2D eigenvalue weighted by Crippen LogP contribution is -2.27. The number of rotatable bonds is 8. The Morgan fingerprint density at radius 3 is 1.53 bits per heavy atom. The Morgan fingerprint density at radius 1 is 0.467 bits per heavy atom. The lowest BCUT2D eigenvalue weighted by atomic mass is 9.70. The fraction of sp³-hybridized carbons (Fsp3) is 0.130. The molecular formula is C69H50N4O2. The molecule has 9 aromatic carbocycles. The number of fused-ring (bicyclic) bond motifs is 18. The van der Waals surface area contributed by atoms with E-state index >= 15 is 0 Å². The summed E-state index contributed by atoms with van der Waals surface area (Å²) in [5.74, 6) is 0.711. The van der Waals surface area contributed by atoms with Crippen LogP contribution in [0.15, 0.2) is 214 Å². The van der Waals surface area contributed by atoms with Crippen molar-refractivity contribution in [2.24, 2.45) is 0 Å². The van der Waals surface area contributed by atoms with Crippen molar-refractivity contribution in [2.45, 2.75) is 57.8 Å². The van der Waals surface area contributed by atoms with Gasteiger partial charge in [-0.25, -0.2) is 0 Å². The number of nitrogens with zero attached hydrogens (tertiary/aromatic N) is 4. The monoisotopic (exact) mass is 966 g/mol. The first kappa shape index (κ1) is 44.3. The Kier molecular flexibility index (Phi) is 9.96. The van der Waals surface area contributed by atoms with E-state index in [1.165, 1.54) is 33.4 Å². The maximum atomic E-state index is 10.1. The maximum absolute atomic E-state index is 10.1. The van der Waals surface area contributed by atoms with Crippen LogP contribution in [0, 0.1) is 22.7 Å². The smallest absolute Gasteiger partial charge is 0.160 e. The summed E-state index contributed by atoms with van der Waals surface area (Å²) in [6.07, 6.45) is 5.41. The van der Waals surface area contributed by atoms with Gasteiger partial charge in [-0.2, -0.15) is 10.5 Å². The van der Waals surface area contributed by atoms with Gasteiger partial charge in [0, 0.05) is 55.6 Å². The van der Waals surface area contributed by atoms with Gasteiger partial charge in [0.2, 0.25) is 0 Å². The standard InChI is InChI=1S/C69H50N4O2/c1-41(2)45-25-33-49(34-26-45)72(47-29-21-43(39-70)22-30-47)59-37-58-66(68-63(59)53-15-7-11-19-61(53)75-68)65-57(69(58)55-17-9-5-13-51(55)52-14-6-10-18-56(52)69)38-60(67-64(65)54-16-8-12-20-62(54)74-67)73(48-31-23-44(40-71)24-32-48)50-35-27-46(28-36-50)42(3)4/h5-23,25-31,33-38,41-42H,24,32H2,1-4H3. The average Bonchev–Trinajstić information content (AvgIpc) is 4.38. The van der Waals surface area contributed by atoms with Gasteiger partial charge < -0.3 is 18.6 Å². The van der Waals surface area contributed by atoms with Crippen LogP contribution in [0.5, 0.6) is 0 Å². The van der Waals surface area contributed by atoms with E-state index < -0.39 is 5.41 Å². The van der Waals surface area contributed by atoms with Crippen molar-refractivity contribution in [3.05, 3.63) is 244 Å². The summed E-state index contributed by atoms with van der Waals surface area (Å²) in [6, 6.07) is 70.3. The van der Waals surface area contributed by atoms with Gasteiger partial charge in [0.05, 0.1) is 39.9 Å². The molecule has 6 nitrogen and oxygen atoms in total. The van der Waals surface area contributed by atoms with Crippen LogP contribution in [0.25, 0.3) is 66.1 Å². The van der Waals surface area contributed by atoms with Gasteiger partial charge in [-0.3, -0.25) is 0 Å². The van der Waals surface area contributed by atoms with E-state index in [0.29, 0.717) is 30.2 Å². The Bertz CT molecular complexity index is 4280. The zero-order valence-electron chi connectivity index (χ0n) is 42.1. The Hall–Kier alpha value is -9.36. The lowest BCUT2D eigenvalue weighted by molar-refractivity contribution is 0.668. The normalized spacial score (nSPS) is 14.0. The molecule has 2 aromatic heterocycles. The molecule has 0 fully saturated rings. The number of anilines is 5. The molecule has 0 saturated heterocycles. The number of para-hydroxylation sites is 2. The minimum atomic E-state index is -0.846. The van der Waals surface area contributed by atoms with Crippen molar-refractivity contribution in [1.82, 2.24) is 0 Å². The van der Waals surface area contributed by atoms with Crippen LogP contribution >= 0.6 is 0 Å². The molecule has 0 aliphatic heterocycles. The van der Waals surface area contributed by atoms with Crippen LogP contribution in [-0.4, -0.2) is 0 Å². The number of hydrogen-bond acceptors (Lipinski definition) is 6. The van der Waals surface area contributed by atoms with Crippen LogP contribution < -0.4 is 9.80 Å². The van der Waals surface area contributed by atoms with E-state index in [1.54, 1.807) is 0 Å². The molecule has 0 saturated carbocycles. The highest BCUT2D eigenvalue weighted by atomic mass is 16.3. The second kappa shape index (κ2) is 16.9. The van der Waals surface area contributed by atoms with E-state index in [1.807, 2.05) is 18.2 Å². The Balaban J connectivity index is 1.18. The number of hydrogen-bond donors (Lipinski definition) is 0. The molecule has 0 amide bonds. The molecule has 3 aliphatic rings. The summed E-state index contributed by atoms with van der Waals surface area (Å²) in [7, 11) is 0. The third kappa shape index (κ3) is 6.43. The number of allylic oxidation sites excluding steroid dienone is 4. The fourth-order valence-electron chi connectivity index (χ4n) is 12.7. The summed E-state index contributed by atoms with van der Waals surface area (Å²) >= 11 is 0. The Morgan fingerprint density at radius 2 is 0.973 bits per heavy atom. The van der Waals surface area contributed by atoms with E-state index in [-0.39, 0.29) is 0 Å². The highest BCUT2D eigenvalue weighted by Crippen LogP contribution is 2.68. The predicted molar refractivity (Wildman–Crippen MR) is 304 cm³/mol. The maximum Gasteiger partial charge on any atom is 0.160 e. The van der Waals surface area contributed by atoms with Gasteiger partial charge in [-0.1, -0.05) is 137 Å². The van der Waals surface area contributed by atoms with E-state index in [2.05, 4.69) is 226 Å². The van der Waals surface area contributed by atoms with E-state index in [9.17, 15) is 10.5 Å². The van der Waals surface area contributed by atoms with Gasteiger partial charge in [-0.15, -0.1) is 0 Å². The fourth-order valence-corrected chi connectivity index (χ4v) is 12.7. The van der Waals surface area contributed by atoms with E-state index in [0.717, 1.165) is 106 Å². The minimum absolute atomic E-state index is 0.352. The van der Waals surface area contributed by atoms with Gasteiger partial charge in [0.15, 0.2) is 5.58 Å². The van der Waals surface area contributed by atoms with Gasteiger partial charge in [0.25, 0.3) is 0 Å². The summed E-state index contributed by atoms with van der Waals surface area (Å²) in [5.41, 5.74) is 21.3. The predicted octanol–water partition coefficient (Wildman–Crippen LogP) is 18.7. The lowest BCUT2D eigenvalue weighted by Gasteiger charge is -2.34. The molecule has 2 heterocycles. The SMILES string of the molecule is CC(C)c1ccc(N(C2=CC=C(C#N)CC2)c2cc3c(c4c2oc2ccccc24)-c2c(cc(N(c4ccc(C#N)cc4)c4ccc(C(C)C)cc4)c4c2oc2ccccc24)C32c3ccccc3-c3ccccc32)cc1. The second-order valence-electron chi connectivity index (χ2n) is 20.9. The van der Waals surface area contributed by atoms with Gasteiger partial charge in [-0.05, 0) is 154 Å². The van der Waals surface area contributed by atoms with Crippen LogP contribution in [0.4, 0.5) is 28.4 Å². The minimum Gasteiger partial charge on any atom is -0.455 e. The molecule has 0 atom stereocenters. The molecule has 11 aromatic rings. The number of nitriles is 2. The summed E-state index contributed by atoms with van der Waals surface area (Å²) in [4.78, 5) is 4.74. The quantitative estimate of drug-likeness (QED) is 0.151. The molecule has 14 rings (SSSR count). The molecule has 6 heteroatoms. The Labute approximate surface area is 435 Å². The van der Waals surface area contributed by atoms with Crippen LogP contribution in [0.2, 0.25) is 0 Å². The average molecular weight is 967 g/mol. The van der Waals surface area contributed by atoms with Crippen molar-refractivity contribution >= 4 is 72.3 Å². The zero-order valence-corrected chi connectivity index (χ0v) is 42.1. The van der Waals surface area contributed by atoms with Crippen molar-refractivity contribution in [1.29, 1.82) is 10.5 Å². The first-order valence-electron chi connectivity index (χ1n) is 26.0. The van der Waals surface area contributed by atoms with Gasteiger partial charge >= 0.3 is 0 Å². The van der Waals surface area contributed by atoms with Crippen molar-refractivity contribution in [2.75, 3.05) is 9.80 Å². The summed E-state index contributed by atoms with van der Waals surface area (Å²) in [5, 5.41) is 24.2. The van der Waals surface area contributed by atoms with Crippen LogP contribution in [0.1, 0.15) is 91.3 Å². The highest BCUT2D eigenvalue weighted by molar-refractivity contribution is 6.26. The molecule has 1 spiro atoms. The van der Waals surface area contributed by atoms with Crippen LogP contribution in [0.3, 0.4) is 0 Å². The van der Waals surface area contributed by atoms with Crippen molar-refractivity contribution < 1.29 is 8.83 Å². The topological polar surface area (TPSA) is 80.3 Å². The molecule has 358 valence electrons. The van der Waals surface area contributed by atoms with Crippen molar-refractivity contribution in [3.63, 3.8) is 0 Å². The zero-order chi connectivity index (χ0) is 50.7. The number of furan rings is 2. The second-order valence-corrected chi connectivity index (χ2v) is 20.9.